The number of carbonyl (C=O) groups excluding carboxylic acids is 1. The predicted octanol–water partition coefficient (Wildman–Crippen LogP) is 3.48. The highest BCUT2D eigenvalue weighted by Gasteiger charge is 2.32. The molecule has 2 atom stereocenters. The molecule has 0 N–H and O–H groups in total. The van der Waals surface area contributed by atoms with Crippen molar-refractivity contribution in [2.24, 2.45) is 5.92 Å². The lowest BCUT2D eigenvalue weighted by Gasteiger charge is -2.32. The van der Waals surface area contributed by atoms with Crippen LogP contribution in [0.2, 0.25) is 19.6 Å². The van der Waals surface area contributed by atoms with E-state index in [2.05, 4.69) is 43.9 Å². The molecule has 0 aliphatic carbocycles. The fraction of sp³-hybridized carbons (Fsp3) is 0.462. The molecule has 1 aromatic rings. The Hall–Kier alpha value is -0.893. The van der Waals surface area contributed by atoms with Gasteiger partial charge in [-0.1, -0.05) is 56.9 Å². The van der Waals surface area contributed by atoms with Gasteiger partial charge in [-0.3, -0.25) is 0 Å². The largest absolute Gasteiger partial charge is 0.303 e. The second kappa shape index (κ2) is 4.75. The van der Waals surface area contributed by atoms with Crippen LogP contribution in [0.25, 0.3) is 0 Å². The van der Waals surface area contributed by atoms with E-state index >= 15 is 0 Å². The van der Waals surface area contributed by atoms with Gasteiger partial charge < -0.3 is 4.79 Å². The molecule has 0 saturated carbocycles. The summed E-state index contributed by atoms with van der Waals surface area (Å²) in [5, 5.41) is 0. The van der Waals surface area contributed by atoms with Crippen molar-refractivity contribution in [3.63, 3.8) is 0 Å². The van der Waals surface area contributed by atoms with Crippen LogP contribution in [0.3, 0.4) is 0 Å². The topological polar surface area (TPSA) is 17.1 Å². The summed E-state index contributed by atoms with van der Waals surface area (Å²) >= 11 is 0. The lowest BCUT2D eigenvalue weighted by atomic mass is 10.0. The van der Waals surface area contributed by atoms with Gasteiger partial charge in [0.05, 0.1) is 8.07 Å². The van der Waals surface area contributed by atoms with E-state index in [0.29, 0.717) is 5.54 Å². The maximum absolute atomic E-state index is 11.0. The van der Waals surface area contributed by atoms with Gasteiger partial charge in [0.25, 0.3) is 0 Å². The summed E-state index contributed by atoms with van der Waals surface area (Å²) in [7, 11) is -1.34. The van der Waals surface area contributed by atoms with Crippen LogP contribution in [0.1, 0.15) is 18.0 Å². The van der Waals surface area contributed by atoms with Gasteiger partial charge in [0.15, 0.2) is 0 Å². The molecule has 15 heavy (non-hydrogen) atoms. The fourth-order valence-corrected chi connectivity index (χ4v) is 5.18. The summed E-state index contributed by atoms with van der Waals surface area (Å²) in [6.45, 7) is 9.00. The van der Waals surface area contributed by atoms with Crippen molar-refractivity contribution < 1.29 is 4.79 Å². The first-order chi connectivity index (χ1) is 6.96. The molecule has 0 spiro atoms. The van der Waals surface area contributed by atoms with Gasteiger partial charge in [0.1, 0.15) is 6.29 Å². The van der Waals surface area contributed by atoms with Gasteiger partial charge in [-0.05, 0) is 11.1 Å². The first-order valence-corrected chi connectivity index (χ1v) is 9.05. The highest BCUT2D eigenvalue weighted by molar-refractivity contribution is 6.77. The van der Waals surface area contributed by atoms with Crippen LogP contribution >= 0.6 is 0 Å². The minimum atomic E-state index is -1.34. The number of carbonyl (C=O) groups is 1. The number of hydrogen-bond acceptors (Lipinski definition) is 1. The van der Waals surface area contributed by atoms with Crippen molar-refractivity contribution in [2.75, 3.05) is 0 Å². The van der Waals surface area contributed by atoms with Crippen molar-refractivity contribution in [1.82, 2.24) is 0 Å². The molecule has 0 saturated heterocycles. The Bertz CT molecular complexity index is 313. The molecular weight excluding hydrogens is 200 g/mol. The van der Waals surface area contributed by atoms with Gasteiger partial charge in [-0.25, -0.2) is 0 Å². The number of hydrogen-bond donors (Lipinski definition) is 0. The van der Waals surface area contributed by atoms with Crippen LogP contribution in [0.4, 0.5) is 0 Å². The van der Waals surface area contributed by atoms with Gasteiger partial charge in [-0.2, -0.15) is 0 Å². The molecule has 1 nitrogen and oxygen atoms in total. The molecule has 2 heteroatoms. The van der Waals surface area contributed by atoms with Gasteiger partial charge in [0.2, 0.25) is 0 Å². The second-order valence-corrected chi connectivity index (χ2v) is 10.6. The van der Waals surface area contributed by atoms with Gasteiger partial charge in [-0.15, -0.1) is 0 Å². The second-order valence-electron chi connectivity index (χ2n) is 5.25. The summed E-state index contributed by atoms with van der Waals surface area (Å²) in [6, 6.07) is 10.4. The first-order valence-electron chi connectivity index (χ1n) is 5.47. The first kappa shape index (κ1) is 12.2. The molecule has 0 aliphatic heterocycles. The molecule has 0 aliphatic rings. The standard InChI is InChI=1S/C13H20OSi/c1-11(10-14)13(15(2,3)4)12-8-6-5-7-9-12/h5-11,13H,1-4H3/t11-,13-/m1/s1. The third kappa shape index (κ3) is 3.03. The zero-order valence-electron chi connectivity index (χ0n) is 10.0. The van der Waals surface area contributed by atoms with Crippen molar-refractivity contribution in [3.05, 3.63) is 35.9 Å². The van der Waals surface area contributed by atoms with E-state index in [-0.39, 0.29) is 5.92 Å². The fourth-order valence-electron chi connectivity index (χ4n) is 2.33. The average Bonchev–Trinajstić information content (AvgIpc) is 2.17. The smallest absolute Gasteiger partial charge is 0.123 e. The Kier molecular flexibility index (Phi) is 3.86. The molecule has 0 unspecified atom stereocenters. The van der Waals surface area contributed by atoms with E-state index < -0.39 is 8.07 Å². The summed E-state index contributed by atoms with van der Waals surface area (Å²) in [6.07, 6.45) is 1.09. The lowest BCUT2D eigenvalue weighted by Crippen LogP contribution is -2.35. The Morgan fingerprint density at radius 1 is 1.13 bits per heavy atom. The minimum absolute atomic E-state index is 0.124. The molecule has 82 valence electrons. The SMILES string of the molecule is C[C@H](C=O)[C@H](c1ccccc1)[Si](C)(C)C. The number of benzene rings is 1. The predicted molar refractivity (Wildman–Crippen MR) is 67.8 cm³/mol. The molecule has 0 bridgehead atoms. The lowest BCUT2D eigenvalue weighted by molar-refractivity contribution is -0.110. The van der Waals surface area contributed by atoms with E-state index in [1.807, 2.05) is 13.0 Å². The molecule has 0 heterocycles. The Labute approximate surface area is 93.5 Å². The third-order valence-electron chi connectivity index (χ3n) is 2.83. The quantitative estimate of drug-likeness (QED) is 0.561. The van der Waals surface area contributed by atoms with E-state index in [1.165, 1.54) is 5.56 Å². The summed E-state index contributed by atoms with van der Waals surface area (Å²) in [5.41, 5.74) is 1.74. The zero-order valence-corrected chi connectivity index (χ0v) is 11.0. The molecule has 0 fully saturated rings. The summed E-state index contributed by atoms with van der Waals surface area (Å²) < 4.78 is 0. The van der Waals surface area contributed by atoms with E-state index in [0.717, 1.165) is 6.29 Å². The van der Waals surface area contributed by atoms with Crippen molar-refractivity contribution >= 4 is 14.4 Å². The Balaban J connectivity index is 3.08. The van der Waals surface area contributed by atoms with Crippen LogP contribution in [0.5, 0.6) is 0 Å². The van der Waals surface area contributed by atoms with Crippen LogP contribution in [0.15, 0.2) is 30.3 Å². The maximum Gasteiger partial charge on any atom is 0.123 e. The zero-order chi connectivity index (χ0) is 11.5. The molecular formula is C13H20OSi. The molecule has 1 aromatic carbocycles. The molecule has 1 rings (SSSR count). The maximum atomic E-state index is 11.0. The minimum Gasteiger partial charge on any atom is -0.303 e. The molecule has 0 radical (unpaired) electrons. The highest BCUT2D eigenvalue weighted by Crippen LogP contribution is 2.32. The summed E-state index contributed by atoms with van der Waals surface area (Å²) in [4.78, 5) is 11.0. The third-order valence-corrected chi connectivity index (χ3v) is 5.56. The highest BCUT2D eigenvalue weighted by atomic mass is 28.3. The van der Waals surface area contributed by atoms with Crippen LogP contribution in [-0.2, 0) is 4.79 Å². The van der Waals surface area contributed by atoms with Crippen LogP contribution < -0.4 is 0 Å². The van der Waals surface area contributed by atoms with E-state index in [4.69, 9.17) is 0 Å². The van der Waals surface area contributed by atoms with Crippen molar-refractivity contribution in [3.8, 4) is 0 Å². The molecule has 0 amide bonds. The average molecular weight is 220 g/mol. The summed E-state index contributed by atoms with van der Waals surface area (Å²) in [5.74, 6) is 0.124. The van der Waals surface area contributed by atoms with Gasteiger partial charge >= 0.3 is 0 Å². The van der Waals surface area contributed by atoms with Gasteiger partial charge in [0, 0.05) is 5.92 Å². The van der Waals surface area contributed by atoms with E-state index in [9.17, 15) is 4.79 Å². The van der Waals surface area contributed by atoms with Crippen LogP contribution in [0, 0.1) is 5.92 Å². The van der Waals surface area contributed by atoms with Crippen LogP contribution in [-0.4, -0.2) is 14.4 Å². The number of aldehydes is 1. The Morgan fingerprint density at radius 3 is 2.07 bits per heavy atom. The monoisotopic (exact) mass is 220 g/mol. The number of rotatable bonds is 4. The Morgan fingerprint density at radius 2 is 1.67 bits per heavy atom. The normalized spacial score (nSPS) is 15.7. The molecule has 0 aromatic heterocycles. The van der Waals surface area contributed by atoms with E-state index in [1.54, 1.807) is 0 Å². The van der Waals surface area contributed by atoms with Crippen molar-refractivity contribution in [1.29, 1.82) is 0 Å². The van der Waals surface area contributed by atoms with Crippen molar-refractivity contribution in [2.45, 2.75) is 32.1 Å².